The average molecular weight is 437 g/mol. The summed E-state index contributed by atoms with van der Waals surface area (Å²) >= 11 is 1.44. The fourth-order valence-corrected chi connectivity index (χ4v) is 4.70. The molecule has 1 unspecified atom stereocenters. The predicted molar refractivity (Wildman–Crippen MR) is 115 cm³/mol. The van der Waals surface area contributed by atoms with Gasteiger partial charge < -0.3 is 19.9 Å². The molecule has 3 rings (SSSR count). The Morgan fingerprint density at radius 1 is 1.17 bits per heavy atom. The molecule has 1 atom stereocenters. The normalized spacial score (nSPS) is 20.2. The lowest BCUT2D eigenvalue weighted by Gasteiger charge is -2.38. The molecule has 1 N–H and O–H groups in total. The second kappa shape index (κ2) is 11.4. The lowest BCUT2D eigenvalue weighted by atomic mass is 9.96. The number of nitrogens with zero attached hydrogens (tertiary/aromatic N) is 3. The number of carbonyl (C=O) groups is 3. The van der Waals surface area contributed by atoms with Crippen molar-refractivity contribution in [2.45, 2.75) is 19.3 Å². The molecule has 8 nitrogen and oxygen atoms in total. The van der Waals surface area contributed by atoms with Crippen LogP contribution in [0.3, 0.4) is 0 Å². The van der Waals surface area contributed by atoms with Crippen LogP contribution in [0.1, 0.15) is 28.9 Å². The summed E-state index contributed by atoms with van der Waals surface area (Å²) in [5.41, 5.74) is 0. The lowest BCUT2D eigenvalue weighted by Crippen LogP contribution is -2.54. The SMILES string of the molecule is COCCCNC(=O)CN1CCN(C(=O)C2CCCN(C(=O)c3cccs3)C2)CC1. The number of rotatable bonds is 8. The molecule has 1 aromatic rings. The van der Waals surface area contributed by atoms with Crippen molar-refractivity contribution < 1.29 is 19.1 Å². The summed E-state index contributed by atoms with van der Waals surface area (Å²) in [6, 6.07) is 3.72. The summed E-state index contributed by atoms with van der Waals surface area (Å²) in [5.74, 6) is 0.0605. The van der Waals surface area contributed by atoms with Crippen molar-refractivity contribution in [3.63, 3.8) is 0 Å². The van der Waals surface area contributed by atoms with E-state index >= 15 is 0 Å². The fourth-order valence-electron chi connectivity index (χ4n) is 4.01. The first kappa shape index (κ1) is 22.7. The molecule has 0 saturated carbocycles. The Bertz CT molecular complexity index is 704. The predicted octanol–water partition coefficient (Wildman–Crippen LogP) is 0.897. The van der Waals surface area contributed by atoms with E-state index in [1.54, 1.807) is 7.11 Å². The largest absolute Gasteiger partial charge is 0.385 e. The van der Waals surface area contributed by atoms with Crippen molar-refractivity contribution in [1.82, 2.24) is 20.0 Å². The number of amides is 3. The van der Waals surface area contributed by atoms with E-state index in [0.717, 1.165) is 24.1 Å². The van der Waals surface area contributed by atoms with E-state index in [-0.39, 0.29) is 23.6 Å². The molecule has 3 amide bonds. The standard InChI is InChI=1S/C21H32N4O4S/c1-29-13-4-7-22-19(26)16-23-9-11-24(12-10-23)20(27)17-5-2-8-25(15-17)21(28)18-6-3-14-30-18/h3,6,14,17H,2,4-5,7-13,15-16H2,1H3,(H,22,26). The summed E-state index contributed by atoms with van der Waals surface area (Å²) in [6.07, 6.45) is 2.49. The van der Waals surface area contributed by atoms with E-state index in [1.807, 2.05) is 27.3 Å². The van der Waals surface area contributed by atoms with Gasteiger partial charge in [0.1, 0.15) is 0 Å². The molecule has 2 saturated heterocycles. The Labute approximate surface area is 182 Å². The fraction of sp³-hybridized carbons (Fsp3) is 0.667. The van der Waals surface area contributed by atoms with Gasteiger partial charge in [-0.05, 0) is 30.7 Å². The Balaban J connectivity index is 1.41. The summed E-state index contributed by atoms with van der Waals surface area (Å²) < 4.78 is 4.98. The van der Waals surface area contributed by atoms with Crippen molar-refractivity contribution >= 4 is 29.1 Å². The van der Waals surface area contributed by atoms with Crippen molar-refractivity contribution in [3.05, 3.63) is 22.4 Å². The number of nitrogens with one attached hydrogen (secondary N) is 1. The third-order valence-corrected chi connectivity index (χ3v) is 6.55. The van der Waals surface area contributed by atoms with Gasteiger partial charge in [0.15, 0.2) is 0 Å². The van der Waals surface area contributed by atoms with Gasteiger partial charge in [-0.1, -0.05) is 6.07 Å². The van der Waals surface area contributed by atoms with Gasteiger partial charge in [0.25, 0.3) is 5.91 Å². The first-order valence-corrected chi connectivity index (χ1v) is 11.6. The Hall–Kier alpha value is -1.97. The molecule has 0 aromatic carbocycles. The minimum Gasteiger partial charge on any atom is -0.385 e. The summed E-state index contributed by atoms with van der Waals surface area (Å²) in [5, 5.41) is 4.80. The van der Waals surface area contributed by atoms with Crippen LogP contribution in [0.5, 0.6) is 0 Å². The zero-order valence-electron chi connectivity index (χ0n) is 17.7. The van der Waals surface area contributed by atoms with Crippen LogP contribution in [0.25, 0.3) is 0 Å². The van der Waals surface area contributed by atoms with E-state index in [9.17, 15) is 14.4 Å². The molecule has 2 aliphatic heterocycles. The highest BCUT2D eigenvalue weighted by Crippen LogP contribution is 2.22. The van der Waals surface area contributed by atoms with E-state index in [4.69, 9.17) is 4.74 Å². The van der Waals surface area contributed by atoms with Crippen LogP contribution < -0.4 is 5.32 Å². The van der Waals surface area contributed by atoms with Gasteiger partial charge in [-0.15, -0.1) is 11.3 Å². The minimum absolute atomic E-state index is 0.0147. The molecule has 0 aliphatic carbocycles. The zero-order valence-corrected chi connectivity index (χ0v) is 18.5. The monoisotopic (exact) mass is 436 g/mol. The average Bonchev–Trinajstić information content (AvgIpc) is 3.31. The Morgan fingerprint density at radius 2 is 1.97 bits per heavy atom. The minimum atomic E-state index is -0.127. The number of ether oxygens (including phenoxy) is 1. The topological polar surface area (TPSA) is 82.2 Å². The molecule has 2 aliphatic rings. The molecule has 3 heterocycles. The number of likely N-dealkylation sites (tertiary alicyclic amines) is 1. The molecule has 0 radical (unpaired) electrons. The molecule has 0 spiro atoms. The number of methoxy groups -OCH3 is 1. The highest BCUT2D eigenvalue weighted by molar-refractivity contribution is 7.12. The molecule has 30 heavy (non-hydrogen) atoms. The third kappa shape index (κ3) is 6.26. The first-order chi connectivity index (χ1) is 14.6. The number of hydrogen-bond acceptors (Lipinski definition) is 6. The van der Waals surface area contributed by atoms with Gasteiger partial charge in [-0.2, -0.15) is 0 Å². The second-order valence-electron chi connectivity index (χ2n) is 7.87. The van der Waals surface area contributed by atoms with Crippen LogP contribution in [-0.2, 0) is 14.3 Å². The number of carbonyl (C=O) groups excluding carboxylic acids is 3. The van der Waals surface area contributed by atoms with Crippen LogP contribution in [0.2, 0.25) is 0 Å². The van der Waals surface area contributed by atoms with Crippen molar-refractivity contribution in [3.8, 4) is 0 Å². The second-order valence-corrected chi connectivity index (χ2v) is 8.81. The highest BCUT2D eigenvalue weighted by atomic mass is 32.1. The van der Waals surface area contributed by atoms with Crippen LogP contribution >= 0.6 is 11.3 Å². The van der Waals surface area contributed by atoms with Gasteiger partial charge in [-0.3, -0.25) is 19.3 Å². The number of piperidine rings is 1. The van der Waals surface area contributed by atoms with E-state index in [0.29, 0.717) is 59.0 Å². The van der Waals surface area contributed by atoms with Crippen LogP contribution in [0.15, 0.2) is 17.5 Å². The van der Waals surface area contributed by atoms with E-state index < -0.39 is 0 Å². The molecule has 166 valence electrons. The maximum atomic E-state index is 13.0. The number of hydrogen-bond donors (Lipinski definition) is 1. The van der Waals surface area contributed by atoms with Crippen molar-refractivity contribution in [1.29, 1.82) is 0 Å². The maximum absolute atomic E-state index is 13.0. The Morgan fingerprint density at radius 3 is 2.67 bits per heavy atom. The van der Waals surface area contributed by atoms with Gasteiger partial charge in [-0.25, -0.2) is 0 Å². The third-order valence-electron chi connectivity index (χ3n) is 5.69. The van der Waals surface area contributed by atoms with Gasteiger partial charge in [0.05, 0.1) is 17.3 Å². The quantitative estimate of drug-likeness (QED) is 0.613. The number of piperazine rings is 1. The van der Waals surface area contributed by atoms with Gasteiger partial charge in [0.2, 0.25) is 11.8 Å². The molecular formula is C21H32N4O4S. The molecule has 9 heteroatoms. The summed E-state index contributed by atoms with van der Waals surface area (Å²) in [4.78, 5) is 44.2. The van der Waals surface area contributed by atoms with Crippen LogP contribution in [-0.4, -0.2) is 98.5 Å². The molecule has 0 bridgehead atoms. The summed E-state index contributed by atoms with van der Waals surface area (Å²) in [6.45, 7) is 5.49. The molecule has 2 fully saturated rings. The van der Waals surface area contributed by atoms with E-state index in [2.05, 4.69) is 10.2 Å². The maximum Gasteiger partial charge on any atom is 0.263 e. The smallest absolute Gasteiger partial charge is 0.263 e. The van der Waals surface area contributed by atoms with Gasteiger partial charge >= 0.3 is 0 Å². The van der Waals surface area contributed by atoms with Gasteiger partial charge in [0, 0.05) is 59.5 Å². The van der Waals surface area contributed by atoms with Crippen LogP contribution in [0.4, 0.5) is 0 Å². The zero-order chi connectivity index (χ0) is 21.3. The highest BCUT2D eigenvalue weighted by Gasteiger charge is 2.33. The van der Waals surface area contributed by atoms with Crippen LogP contribution in [0, 0.1) is 5.92 Å². The van der Waals surface area contributed by atoms with Crippen molar-refractivity contribution in [2.75, 3.05) is 66.1 Å². The van der Waals surface area contributed by atoms with E-state index in [1.165, 1.54) is 11.3 Å². The number of thiophene rings is 1. The first-order valence-electron chi connectivity index (χ1n) is 10.7. The van der Waals surface area contributed by atoms with Crippen molar-refractivity contribution in [2.24, 2.45) is 5.92 Å². The lowest BCUT2D eigenvalue weighted by molar-refractivity contribution is -0.138. The molecule has 1 aromatic heterocycles. The molecular weight excluding hydrogens is 404 g/mol. The Kier molecular flexibility index (Phi) is 8.65. The summed E-state index contributed by atoms with van der Waals surface area (Å²) in [7, 11) is 1.65.